The highest BCUT2D eigenvalue weighted by Crippen LogP contribution is 2.38. The van der Waals surface area contributed by atoms with Crippen LogP contribution in [0.15, 0.2) is 12.1 Å². The van der Waals surface area contributed by atoms with E-state index in [1.165, 1.54) is 13.0 Å². The van der Waals surface area contributed by atoms with Crippen molar-refractivity contribution in [1.29, 1.82) is 0 Å². The molecule has 0 amide bonds. The first-order valence-electron chi connectivity index (χ1n) is 5.60. The molecule has 0 N–H and O–H groups in total. The van der Waals surface area contributed by atoms with Gasteiger partial charge in [-0.3, -0.25) is 0 Å². The van der Waals surface area contributed by atoms with E-state index in [9.17, 15) is 17.2 Å². The lowest BCUT2D eigenvalue weighted by Gasteiger charge is -2.17. The fraction of sp³-hybridized carbons (Fsp3) is 0.500. The Morgan fingerprint density at radius 3 is 2.56 bits per heavy atom. The van der Waals surface area contributed by atoms with E-state index in [0.717, 1.165) is 6.07 Å². The van der Waals surface area contributed by atoms with Gasteiger partial charge in [0.15, 0.2) is 9.84 Å². The molecule has 18 heavy (non-hydrogen) atoms. The summed E-state index contributed by atoms with van der Waals surface area (Å²) in [6.07, 6.45) is 0.423. The van der Waals surface area contributed by atoms with Crippen LogP contribution >= 0.6 is 11.6 Å². The Hall–Kier alpha value is -0.680. The van der Waals surface area contributed by atoms with Crippen LogP contribution in [0.1, 0.15) is 22.9 Å². The molecule has 100 valence electrons. The maximum absolute atomic E-state index is 13.7. The predicted octanol–water partition coefficient (Wildman–Crippen LogP) is 2.99. The second-order valence-corrected chi connectivity index (χ2v) is 7.39. The van der Waals surface area contributed by atoms with Gasteiger partial charge in [-0.15, -0.1) is 11.6 Å². The Bertz CT molecular complexity index is 572. The normalized spacial score (nSPS) is 24.1. The van der Waals surface area contributed by atoms with E-state index in [0.29, 0.717) is 12.0 Å². The Morgan fingerprint density at radius 2 is 2.00 bits per heavy atom. The third-order valence-electron chi connectivity index (χ3n) is 3.26. The molecule has 1 aromatic rings. The third kappa shape index (κ3) is 2.67. The molecule has 1 aromatic carbocycles. The van der Waals surface area contributed by atoms with E-state index in [1.54, 1.807) is 0 Å². The van der Waals surface area contributed by atoms with Crippen LogP contribution in [0.4, 0.5) is 8.78 Å². The molecular formula is C12H13ClF2O2S. The Labute approximate surface area is 110 Å². The van der Waals surface area contributed by atoms with Crippen molar-refractivity contribution in [3.05, 3.63) is 34.9 Å². The molecule has 1 saturated heterocycles. The molecule has 0 aliphatic carbocycles. The molecule has 2 atom stereocenters. The molecule has 0 spiro atoms. The van der Waals surface area contributed by atoms with Crippen molar-refractivity contribution in [3.8, 4) is 0 Å². The second kappa shape index (κ2) is 4.78. The number of alkyl halides is 1. The van der Waals surface area contributed by atoms with Crippen molar-refractivity contribution in [1.82, 2.24) is 0 Å². The maximum atomic E-state index is 13.7. The molecule has 0 saturated carbocycles. The average molecular weight is 295 g/mol. The van der Waals surface area contributed by atoms with E-state index < -0.39 is 26.8 Å². The molecule has 0 radical (unpaired) electrons. The number of halogens is 3. The van der Waals surface area contributed by atoms with Gasteiger partial charge in [0, 0.05) is 11.6 Å². The van der Waals surface area contributed by atoms with Gasteiger partial charge in [0.1, 0.15) is 11.6 Å². The van der Waals surface area contributed by atoms with Crippen molar-refractivity contribution < 1.29 is 17.2 Å². The highest BCUT2D eigenvalue weighted by molar-refractivity contribution is 7.91. The largest absolute Gasteiger partial charge is 0.229 e. The number of benzene rings is 1. The van der Waals surface area contributed by atoms with Gasteiger partial charge in [0.05, 0.1) is 16.9 Å². The molecule has 1 aliphatic heterocycles. The Balaban J connectivity index is 2.30. The number of aryl methyl sites for hydroxylation is 1. The summed E-state index contributed by atoms with van der Waals surface area (Å²) in [4.78, 5) is 0. The quantitative estimate of drug-likeness (QED) is 0.786. The fourth-order valence-electron chi connectivity index (χ4n) is 2.20. The predicted molar refractivity (Wildman–Crippen MR) is 66.4 cm³/mol. The smallest absolute Gasteiger partial charge is 0.150 e. The SMILES string of the molecule is Cc1cc(C(Cl)C2CCS(=O)(=O)C2)c(F)cc1F. The number of sulfone groups is 1. The monoisotopic (exact) mass is 294 g/mol. The molecule has 1 heterocycles. The van der Waals surface area contributed by atoms with Crippen molar-refractivity contribution in [2.24, 2.45) is 5.92 Å². The number of hydrogen-bond donors (Lipinski definition) is 0. The van der Waals surface area contributed by atoms with Crippen molar-refractivity contribution in [2.45, 2.75) is 18.7 Å². The molecule has 0 aromatic heterocycles. The lowest BCUT2D eigenvalue weighted by atomic mass is 9.96. The van der Waals surface area contributed by atoms with Gasteiger partial charge < -0.3 is 0 Å². The van der Waals surface area contributed by atoms with Crippen LogP contribution < -0.4 is 0 Å². The highest BCUT2D eigenvalue weighted by atomic mass is 35.5. The van der Waals surface area contributed by atoms with Crippen LogP contribution in [-0.2, 0) is 9.84 Å². The zero-order chi connectivity index (χ0) is 13.5. The van der Waals surface area contributed by atoms with Crippen LogP contribution in [0, 0.1) is 24.5 Å². The van der Waals surface area contributed by atoms with Crippen molar-refractivity contribution >= 4 is 21.4 Å². The minimum atomic E-state index is -3.06. The van der Waals surface area contributed by atoms with E-state index in [2.05, 4.69) is 0 Å². The van der Waals surface area contributed by atoms with E-state index >= 15 is 0 Å². The van der Waals surface area contributed by atoms with Crippen LogP contribution in [0.25, 0.3) is 0 Å². The molecule has 2 nitrogen and oxygen atoms in total. The van der Waals surface area contributed by atoms with E-state index in [4.69, 9.17) is 11.6 Å². The molecule has 2 rings (SSSR count). The fourth-order valence-corrected chi connectivity index (χ4v) is 4.53. The maximum Gasteiger partial charge on any atom is 0.150 e. The number of hydrogen-bond acceptors (Lipinski definition) is 2. The van der Waals surface area contributed by atoms with E-state index in [1.807, 2.05) is 0 Å². The minimum Gasteiger partial charge on any atom is -0.229 e. The second-order valence-electron chi connectivity index (χ2n) is 4.69. The van der Waals surface area contributed by atoms with Gasteiger partial charge in [-0.05, 0) is 30.9 Å². The first kappa shape index (κ1) is 13.7. The van der Waals surface area contributed by atoms with Gasteiger partial charge >= 0.3 is 0 Å². The van der Waals surface area contributed by atoms with Crippen LogP contribution in [0.3, 0.4) is 0 Å². The summed E-state index contributed by atoms with van der Waals surface area (Å²) >= 11 is 6.14. The Kier molecular flexibility index (Phi) is 3.65. The van der Waals surface area contributed by atoms with Gasteiger partial charge in [-0.25, -0.2) is 17.2 Å². The number of rotatable bonds is 2. The van der Waals surface area contributed by atoms with Crippen LogP contribution in [-0.4, -0.2) is 19.9 Å². The highest BCUT2D eigenvalue weighted by Gasteiger charge is 2.34. The zero-order valence-electron chi connectivity index (χ0n) is 9.79. The lowest BCUT2D eigenvalue weighted by molar-refractivity contribution is 0.524. The van der Waals surface area contributed by atoms with Crippen LogP contribution in [0.2, 0.25) is 0 Å². The first-order chi connectivity index (χ1) is 8.30. The first-order valence-corrected chi connectivity index (χ1v) is 7.86. The molecule has 6 heteroatoms. The van der Waals surface area contributed by atoms with Crippen molar-refractivity contribution in [2.75, 3.05) is 11.5 Å². The van der Waals surface area contributed by atoms with Gasteiger partial charge in [-0.1, -0.05) is 0 Å². The lowest BCUT2D eigenvalue weighted by Crippen LogP contribution is -2.12. The summed E-state index contributed by atoms with van der Waals surface area (Å²) in [5.41, 5.74) is 0.482. The molecule has 0 bridgehead atoms. The summed E-state index contributed by atoms with van der Waals surface area (Å²) in [6.45, 7) is 1.52. The Morgan fingerprint density at radius 1 is 1.33 bits per heavy atom. The van der Waals surface area contributed by atoms with Crippen LogP contribution in [0.5, 0.6) is 0 Å². The summed E-state index contributed by atoms with van der Waals surface area (Å²) in [5, 5.41) is -0.735. The molecule has 1 fully saturated rings. The van der Waals surface area contributed by atoms with Gasteiger partial charge in [0.2, 0.25) is 0 Å². The molecular weight excluding hydrogens is 282 g/mol. The summed E-state index contributed by atoms with van der Waals surface area (Å²) in [5.74, 6) is -1.60. The summed E-state index contributed by atoms with van der Waals surface area (Å²) < 4.78 is 49.5. The van der Waals surface area contributed by atoms with Gasteiger partial charge in [-0.2, -0.15) is 0 Å². The topological polar surface area (TPSA) is 34.1 Å². The molecule has 1 aliphatic rings. The summed E-state index contributed by atoms with van der Waals surface area (Å²) in [6, 6.07) is 2.15. The zero-order valence-corrected chi connectivity index (χ0v) is 11.4. The van der Waals surface area contributed by atoms with E-state index in [-0.39, 0.29) is 23.0 Å². The third-order valence-corrected chi connectivity index (χ3v) is 5.64. The summed E-state index contributed by atoms with van der Waals surface area (Å²) in [7, 11) is -3.06. The van der Waals surface area contributed by atoms with Crippen molar-refractivity contribution in [3.63, 3.8) is 0 Å². The minimum absolute atomic E-state index is 0.0307. The average Bonchev–Trinajstić information content (AvgIpc) is 2.63. The standard InChI is InChI=1S/C12H13ClF2O2S/c1-7-4-9(11(15)5-10(7)14)12(13)8-2-3-18(16,17)6-8/h4-5,8,12H,2-3,6H2,1H3. The molecule has 2 unspecified atom stereocenters. The van der Waals surface area contributed by atoms with Gasteiger partial charge in [0.25, 0.3) is 0 Å².